The highest BCUT2D eigenvalue weighted by Crippen LogP contribution is 2.20. The summed E-state index contributed by atoms with van der Waals surface area (Å²) < 4.78 is 0. The summed E-state index contributed by atoms with van der Waals surface area (Å²) in [4.78, 5) is 13.7. The zero-order valence-electron chi connectivity index (χ0n) is 8.49. The quantitative estimate of drug-likeness (QED) is 0.678. The topological polar surface area (TPSA) is 20.3 Å². The van der Waals surface area contributed by atoms with E-state index < -0.39 is 0 Å². The van der Waals surface area contributed by atoms with Crippen LogP contribution in [0.25, 0.3) is 0 Å². The van der Waals surface area contributed by atoms with Crippen molar-refractivity contribution in [3.05, 3.63) is 0 Å². The third-order valence-electron chi connectivity index (χ3n) is 2.74. The summed E-state index contributed by atoms with van der Waals surface area (Å²) in [6.45, 7) is 4.94. The fraction of sp³-hybridized carbons (Fsp3) is 0.900. The lowest BCUT2D eigenvalue weighted by molar-refractivity contribution is -0.134. The molecular weight excluding hydrogens is 182 g/mol. The number of carbonyl (C=O) groups excluding carboxylic acids is 1. The second-order valence-corrected chi connectivity index (χ2v) is 4.54. The van der Waals surface area contributed by atoms with Crippen molar-refractivity contribution in [2.24, 2.45) is 0 Å². The monoisotopic (exact) mass is 201 g/mol. The van der Waals surface area contributed by atoms with Crippen molar-refractivity contribution in [1.82, 2.24) is 4.90 Å². The van der Waals surface area contributed by atoms with Gasteiger partial charge in [0.2, 0.25) is 5.91 Å². The number of nitrogens with zero attached hydrogens (tertiary/aromatic N) is 1. The highest BCUT2D eigenvalue weighted by molar-refractivity contribution is 7.81. The third-order valence-corrected chi connectivity index (χ3v) is 2.96. The Morgan fingerprint density at radius 2 is 2.31 bits per heavy atom. The van der Waals surface area contributed by atoms with Crippen LogP contribution in [0.3, 0.4) is 0 Å². The molecule has 0 N–H and O–H groups in total. The van der Waals surface area contributed by atoms with Crippen LogP contribution in [0.1, 0.15) is 39.5 Å². The first-order valence-electron chi connectivity index (χ1n) is 5.15. The Morgan fingerprint density at radius 3 is 2.85 bits per heavy atom. The minimum Gasteiger partial charge on any atom is -0.339 e. The molecule has 1 saturated heterocycles. The molecule has 1 aliphatic rings. The number of hydrogen-bond donors (Lipinski definition) is 1. The van der Waals surface area contributed by atoms with Gasteiger partial charge in [-0.3, -0.25) is 4.79 Å². The van der Waals surface area contributed by atoms with E-state index in [2.05, 4.69) is 19.6 Å². The van der Waals surface area contributed by atoms with Gasteiger partial charge < -0.3 is 4.90 Å². The first-order valence-corrected chi connectivity index (χ1v) is 5.67. The minimum absolute atomic E-state index is 0.146. The van der Waals surface area contributed by atoms with E-state index in [-0.39, 0.29) is 11.2 Å². The lowest BCUT2D eigenvalue weighted by Gasteiger charge is -2.36. The van der Waals surface area contributed by atoms with Crippen molar-refractivity contribution in [3.8, 4) is 0 Å². The molecule has 0 aromatic rings. The molecule has 0 radical (unpaired) electrons. The van der Waals surface area contributed by atoms with Crippen LogP contribution in [-0.4, -0.2) is 28.6 Å². The number of likely N-dealkylation sites (tertiary alicyclic amines) is 1. The second kappa shape index (κ2) is 4.89. The molecule has 0 aromatic heterocycles. The smallest absolute Gasteiger partial charge is 0.235 e. The van der Waals surface area contributed by atoms with E-state index in [1.807, 2.05) is 11.8 Å². The molecular formula is C10H19NOS. The molecule has 3 heteroatoms. The first-order chi connectivity index (χ1) is 6.16. The molecule has 1 heterocycles. The van der Waals surface area contributed by atoms with Crippen LogP contribution < -0.4 is 0 Å². The molecule has 0 bridgehead atoms. The van der Waals surface area contributed by atoms with Crippen LogP contribution in [0.15, 0.2) is 0 Å². The first kappa shape index (κ1) is 10.9. The van der Waals surface area contributed by atoms with Gasteiger partial charge in [-0.2, -0.15) is 12.6 Å². The van der Waals surface area contributed by atoms with E-state index in [1.54, 1.807) is 0 Å². The van der Waals surface area contributed by atoms with Gasteiger partial charge in [0, 0.05) is 12.6 Å². The van der Waals surface area contributed by atoms with E-state index in [0.29, 0.717) is 6.04 Å². The Bertz CT molecular complexity index is 182. The van der Waals surface area contributed by atoms with E-state index in [4.69, 9.17) is 0 Å². The van der Waals surface area contributed by atoms with Crippen molar-refractivity contribution in [1.29, 1.82) is 0 Å². The molecule has 1 fully saturated rings. The molecule has 0 saturated carbocycles. The molecule has 2 nitrogen and oxygen atoms in total. The lowest BCUT2D eigenvalue weighted by atomic mass is 10.00. The van der Waals surface area contributed by atoms with Crippen LogP contribution in [0, 0.1) is 0 Å². The van der Waals surface area contributed by atoms with Crippen LogP contribution >= 0.6 is 12.6 Å². The average Bonchev–Trinajstić information content (AvgIpc) is 2.16. The van der Waals surface area contributed by atoms with Gasteiger partial charge in [-0.1, -0.05) is 6.92 Å². The van der Waals surface area contributed by atoms with E-state index in [0.717, 1.165) is 19.4 Å². The maximum Gasteiger partial charge on any atom is 0.235 e. The van der Waals surface area contributed by atoms with E-state index >= 15 is 0 Å². The van der Waals surface area contributed by atoms with Gasteiger partial charge in [0.1, 0.15) is 0 Å². The van der Waals surface area contributed by atoms with Crippen LogP contribution in [0.4, 0.5) is 0 Å². The van der Waals surface area contributed by atoms with Crippen molar-refractivity contribution < 1.29 is 4.79 Å². The molecule has 0 aliphatic carbocycles. The van der Waals surface area contributed by atoms with Gasteiger partial charge in [0.25, 0.3) is 0 Å². The number of amides is 1. The summed E-state index contributed by atoms with van der Waals surface area (Å²) in [6, 6.07) is 0.468. The molecule has 13 heavy (non-hydrogen) atoms. The van der Waals surface area contributed by atoms with Crippen molar-refractivity contribution in [2.75, 3.05) is 6.54 Å². The largest absolute Gasteiger partial charge is 0.339 e. The fourth-order valence-corrected chi connectivity index (χ4v) is 2.10. The summed E-state index contributed by atoms with van der Waals surface area (Å²) in [7, 11) is 0. The molecule has 1 aliphatic heterocycles. The maximum atomic E-state index is 11.7. The Kier molecular flexibility index (Phi) is 4.10. The zero-order valence-corrected chi connectivity index (χ0v) is 9.39. The standard InChI is InChI=1S/C10H19NOS/c1-3-9-6-4-5-7-11(9)10(12)8(2)13/h8-9,13H,3-7H2,1-2H3. The van der Waals surface area contributed by atoms with Gasteiger partial charge in [0.05, 0.1) is 5.25 Å². The SMILES string of the molecule is CCC1CCCCN1C(=O)C(C)S. The summed E-state index contributed by atoms with van der Waals surface area (Å²) in [6.07, 6.45) is 4.67. The average molecular weight is 201 g/mol. The number of hydrogen-bond acceptors (Lipinski definition) is 2. The Balaban J connectivity index is 2.58. The predicted octanol–water partition coefficient (Wildman–Crippen LogP) is 2.10. The van der Waals surface area contributed by atoms with Gasteiger partial charge in [0.15, 0.2) is 0 Å². The van der Waals surface area contributed by atoms with Gasteiger partial charge in [-0.25, -0.2) is 0 Å². The highest BCUT2D eigenvalue weighted by Gasteiger charge is 2.26. The maximum absolute atomic E-state index is 11.7. The van der Waals surface area contributed by atoms with Crippen molar-refractivity contribution >= 4 is 18.5 Å². The zero-order chi connectivity index (χ0) is 9.84. The van der Waals surface area contributed by atoms with Gasteiger partial charge in [-0.05, 0) is 32.6 Å². The van der Waals surface area contributed by atoms with Crippen molar-refractivity contribution in [3.63, 3.8) is 0 Å². The normalized spacial score (nSPS) is 25.8. The number of rotatable bonds is 2. The number of piperidine rings is 1. The molecule has 0 aromatic carbocycles. The highest BCUT2D eigenvalue weighted by atomic mass is 32.1. The summed E-state index contributed by atoms with van der Waals surface area (Å²) in [5, 5.41) is -0.146. The van der Waals surface area contributed by atoms with Gasteiger partial charge >= 0.3 is 0 Å². The third kappa shape index (κ3) is 2.63. The van der Waals surface area contributed by atoms with Crippen LogP contribution in [0.2, 0.25) is 0 Å². The number of thiol groups is 1. The Labute approximate surface area is 86.1 Å². The molecule has 1 amide bonds. The summed E-state index contributed by atoms with van der Waals surface area (Å²) in [5.41, 5.74) is 0. The molecule has 2 atom stereocenters. The Hall–Kier alpha value is -0.180. The van der Waals surface area contributed by atoms with Crippen LogP contribution in [0.5, 0.6) is 0 Å². The Morgan fingerprint density at radius 1 is 1.62 bits per heavy atom. The molecule has 2 unspecified atom stereocenters. The molecule has 76 valence electrons. The second-order valence-electron chi connectivity index (χ2n) is 3.77. The summed E-state index contributed by atoms with van der Waals surface area (Å²) >= 11 is 4.19. The van der Waals surface area contributed by atoms with E-state index in [1.165, 1.54) is 12.8 Å². The number of carbonyl (C=O) groups is 1. The fourth-order valence-electron chi connectivity index (χ4n) is 1.96. The lowest BCUT2D eigenvalue weighted by Crippen LogP contribution is -2.46. The summed E-state index contributed by atoms with van der Waals surface area (Å²) in [5.74, 6) is 0.204. The predicted molar refractivity (Wildman–Crippen MR) is 58.1 cm³/mol. The minimum atomic E-state index is -0.146. The molecule has 1 rings (SSSR count). The van der Waals surface area contributed by atoms with E-state index in [9.17, 15) is 4.79 Å². The van der Waals surface area contributed by atoms with Gasteiger partial charge in [-0.15, -0.1) is 0 Å². The molecule has 0 spiro atoms. The van der Waals surface area contributed by atoms with Crippen molar-refractivity contribution in [2.45, 2.75) is 50.8 Å². The van der Waals surface area contributed by atoms with Crippen LogP contribution in [-0.2, 0) is 4.79 Å².